The number of anilines is 1. The van der Waals surface area contributed by atoms with Crippen LogP contribution in [0.15, 0.2) is 24.3 Å². The molecule has 0 spiro atoms. The van der Waals surface area contributed by atoms with E-state index in [-0.39, 0.29) is 5.97 Å². The standard InChI is InChI=1S/C14H22N2O2/c1-16(9-4-7-14(17)18-2)10-8-12-5-3-6-13(15)11-12/h3,5-6,11H,4,7-10,15H2,1-2H3. The lowest BCUT2D eigenvalue weighted by Gasteiger charge is -2.16. The first-order valence-electron chi connectivity index (χ1n) is 6.21. The average molecular weight is 250 g/mol. The zero-order chi connectivity index (χ0) is 13.4. The van der Waals surface area contributed by atoms with Crippen molar-refractivity contribution in [1.29, 1.82) is 0 Å². The van der Waals surface area contributed by atoms with Crippen LogP contribution in [0, 0.1) is 0 Å². The Kier molecular flexibility index (Phi) is 6.22. The third kappa shape index (κ3) is 5.68. The molecule has 4 heteroatoms. The summed E-state index contributed by atoms with van der Waals surface area (Å²) in [6.07, 6.45) is 2.29. The number of nitrogens with two attached hydrogens (primary N) is 1. The first kappa shape index (κ1) is 14.5. The molecule has 0 unspecified atom stereocenters. The van der Waals surface area contributed by atoms with Gasteiger partial charge in [-0.05, 0) is 44.1 Å². The highest BCUT2D eigenvalue weighted by Gasteiger charge is 2.03. The number of hydrogen-bond donors (Lipinski definition) is 1. The van der Waals surface area contributed by atoms with Gasteiger partial charge in [-0.15, -0.1) is 0 Å². The Balaban J connectivity index is 2.20. The smallest absolute Gasteiger partial charge is 0.305 e. The molecule has 0 radical (unpaired) electrons. The summed E-state index contributed by atoms with van der Waals surface area (Å²) in [7, 11) is 3.48. The van der Waals surface area contributed by atoms with Crippen molar-refractivity contribution < 1.29 is 9.53 Å². The lowest BCUT2D eigenvalue weighted by Crippen LogP contribution is -2.23. The van der Waals surface area contributed by atoms with E-state index in [1.807, 2.05) is 18.2 Å². The van der Waals surface area contributed by atoms with E-state index in [1.54, 1.807) is 0 Å². The highest BCUT2D eigenvalue weighted by Crippen LogP contribution is 2.07. The third-order valence-corrected chi connectivity index (χ3v) is 2.88. The monoisotopic (exact) mass is 250 g/mol. The van der Waals surface area contributed by atoms with E-state index in [0.29, 0.717) is 6.42 Å². The summed E-state index contributed by atoms with van der Waals surface area (Å²) in [4.78, 5) is 13.2. The van der Waals surface area contributed by atoms with E-state index in [9.17, 15) is 4.79 Å². The number of carbonyl (C=O) groups is 1. The summed E-state index contributed by atoms with van der Waals surface area (Å²) in [5.41, 5.74) is 7.78. The van der Waals surface area contributed by atoms with Crippen molar-refractivity contribution in [3.8, 4) is 0 Å². The van der Waals surface area contributed by atoms with Crippen LogP contribution in [-0.2, 0) is 16.0 Å². The van der Waals surface area contributed by atoms with Crippen LogP contribution in [0.4, 0.5) is 5.69 Å². The zero-order valence-electron chi connectivity index (χ0n) is 11.2. The Morgan fingerprint density at radius 2 is 2.17 bits per heavy atom. The molecule has 100 valence electrons. The van der Waals surface area contributed by atoms with Gasteiger partial charge in [0.1, 0.15) is 0 Å². The predicted octanol–water partition coefficient (Wildman–Crippen LogP) is 1.70. The first-order valence-corrected chi connectivity index (χ1v) is 6.21. The minimum atomic E-state index is -0.140. The molecule has 1 aromatic rings. The number of hydrogen-bond acceptors (Lipinski definition) is 4. The summed E-state index contributed by atoms with van der Waals surface area (Å²) >= 11 is 0. The van der Waals surface area contributed by atoms with Gasteiger partial charge in [0.2, 0.25) is 0 Å². The Labute approximate surface area is 109 Å². The maximum absolute atomic E-state index is 11.0. The van der Waals surface area contributed by atoms with Crippen molar-refractivity contribution in [2.45, 2.75) is 19.3 Å². The second-order valence-electron chi connectivity index (χ2n) is 4.48. The zero-order valence-corrected chi connectivity index (χ0v) is 11.2. The molecule has 0 amide bonds. The fourth-order valence-electron chi connectivity index (χ4n) is 1.78. The van der Waals surface area contributed by atoms with Crippen LogP contribution >= 0.6 is 0 Å². The van der Waals surface area contributed by atoms with Crippen LogP contribution < -0.4 is 5.73 Å². The summed E-state index contributed by atoms with van der Waals surface area (Å²) in [6.45, 7) is 1.86. The van der Waals surface area contributed by atoms with Crippen LogP contribution in [0.1, 0.15) is 18.4 Å². The molecule has 18 heavy (non-hydrogen) atoms. The molecular formula is C14H22N2O2. The molecule has 0 bridgehead atoms. The molecule has 0 aliphatic heterocycles. The molecule has 4 nitrogen and oxygen atoms in total. The minimum Gasteiger partial charge on any atom is -0.469 e. The summed E-state index contributed by atoms with van der Waals surface area (Å²) < 4.78 is 4.60. The molecule has 0 saturated heterocycles. The highest BCUT2D eigenvalue weighted by molar-refractivity contribution is 5.69. The van der Waals surface area contributed by atoms with E-state index in [4.69, 9.17) is 5.73 Å². The van der Waals surface area contributed by atoms with Crippen LogP contribution in [0.25, 0.3) is 0 Å². The van der Waals surface area contributed by atoms with Crippen LogP contribution in [0.5, 0.6) is 0 Å². The number of nitrogen functional groups attached to an aromatic ring is 1. The maximum atomic E-state index is 11.0. The number of likely N-dealkylation sites (N-methyl/N-ethyl adjacent to an activating group) is 1. The average Bonchev–Trinajstić information content (AvgIpc) is 2.36. The molecule has 1 rings (SSSR count). The number of esters is 1. The number of methoxy groups -OCH3 is 1. The minimum absolute atomic E-state index is 0.140. The SMILES string of the molecule is COC(=O)CCCN(C)CCc1cccc(N)c1. The largest absolute Gasteiger partial charge is 0.469 e. The summed E-state index contributed by atoms with van der Waals surface area (Å²) in [6, 6.07) is 7.95. The number of rotatable bonds is 7. The van der Waals surface area contributed by atoms with Crippen LogP contribution in [-0.4, -0.2) is 38.1 Å². The topological polar surface area (TPSA) is 55.6 Å². The Morgan fingerprint density at radius 3 is 2.83 bits per heavy atom. The van der Waals surface area contributed by atoms with E-state index >= 15 is 0 Å². The molecule has 0 aliphatic carbocycles. The Morgan fingerprint density at radius 1 is 1.39 bits per heavy atom. The molecular weight excluding hydrogens is 228 g/mol. The Bertz CT molecular complexity index is 380. The first-order chi connectivity index (χ1) is 8.61. The fraction of sp³-hybridized carbons (Fsp3) is 0.500. The van der Waals surface area contributed by atoms with Crippen molar-refractivity contribution in [2.75, 3.05) is 33.0 Å². The van der Waals surface area contributed by atoms with Gasteiger partial charge in [0, 0.05) is 18.7 Å². The Hall–Kier alpha value is -1.55. The van der Waals surface area contributed by atoms with Gasteiger partial charge < -0.3 is 15.4 Å². The molecule has 0 saturated carbocycles. The summed E-state index contributed by atoms with van der Waals surface area (Å²) in [5, 5.41) is 0. The van der Waals surface area contributed by atoms with Crippen molar-refractivity contribution in [1.82, 2.24) is 4.90 Å². The number of benzene rings is 1. The second kappa shape index (κ2) is 7.71. The van der Waals surface area contributed by atoms with Gasteiger partial charge >= 0.3 is 5.97 Å². The molecule has 0 fully saturated rings. The molecule has 0 aromatic heterocycles. The van der Waals surface area contributed by atoms with Gasteiger partial charge in [-0.1, -0.05) is 12.1 Å². The second-order valence-corrected chi connectivity index (χ2v) is 4.48. The number of nitrogens with zero attached hydrogens (tertiary/aromatic N) is 1. The van der Waals surface area contributed by atoms with Crippen molar-refractivity contribution >= 4 is 11.7 Å². The van der Waals surface area contributed by atoms with Gasteiger partial charge in [0.25, 0.3) is 0 Å². The van der Waals surface area contributed by atoms with Gasteiger partial charge in [0.15, 0.2) is 0 Å². The van der Waals surface area contributed by atoms with Gasteiger partial charge in [-0.25, -0.2) is 0 Å². The fourth-order valence-corrected chi connectivity index (χ4v) is 1.78. The van der Waals surface area contributed by atoms with Crippen molar-refractivity contribution in [3.05, 3.63) is 29.8 Å². The van der Waals surface area contributed by atoms with E-state index in [2.05, 4.69) is 22.8 Å². The maximum Gasteiger partial charge on any atom is 0.305 e. The lowest BCUT2D eigenvalue weighted by molar-refractivity contribution is -0.140. The van der Waals surface area contributed by atoms with Crippen molar-refractivity contribution in [3.63, 3.8) is 0 Å². The molecule has 2 N–H and O–H groups in total. The highest BCUT2D eigenvalue weighted by atomic mass is 16.5. The van der Waals surface area contributed by atoms with Crippen LogP contribution in [0.3, 0.4) is 0 Å². The summed E-state index contributed by atoms with van der Waals surface area (Å²) in [5.74, 6) is -0.140. The molecule has 0 atom stereocenters. The third-order valence-electron chi connectivity index (χ3n) is 2.88. The van der Waals surface area contributed by atoms with Gasteiger partial charge in [-0.2, -0.15) is 0 Å². The molecule has 0 aliphatic rings. The normalized spacial score (nSPS) is 10.6. The van der Waals surface area contributed by atoms with E-state index < -0.39 is 0 Å². The lowest BCUT2D eigenvalue weighted by atomic mass is 10.1. The van der Waals surface area contributed by atoms with E-state index in [1.165, 1.54) is 12.7 Å². The number of carbonyl (C=O) groups excluding carboxylic acids is 1. The van der Waals surface area contributed by atoms with Gasteiger partial charge in [-0.3, -0.25) is 4.79 Å². The van der Waals surface area contributed by atoms with Crippen LogP contribution in [0.2, 0.25) is 0 Å². The quantitative estimate of drug-likeness (QED) is 0.591. The van der Waals surface area contributed by atoms with E-state index in [0.717, 1.165) is 31.6 Å². The van der Waals surface area contributed by atoms with Gasteiger partial charge in [0.05, 0.1) is 7.11 Å². The predicted molar refractivity (Wildman–Crippen MR) is 73.3 cm³/mol. The number of ether oxygens (including phenoxy) is 1. The molecule has 0 heterocycles. The molecule has 1 aromatic carbocycles. The van der Waals surface area contributed by atoms with Crippen molar-refractivity contribution in [2.24, 2.45) is 0 Å².